The fourth-order valence-electron chi connectivity index (χ4n) is 1.85. The molecule has 0 aromatic carbocycles. The van der Waals surface area contributed by atoms with E-state index in [0.717, 1.165) is 4.68 Å². The average Bonchev–Trinajstić information content (AvgIpc) is 2.58. The van der Waals surface area contributed by atoms with E-state index in [-0.39, 0.29) is 18.7 Å². The first-order valence-corrected chi connectivity index (χ1v) is 4.77. The lowest BCUT2D eigenvalue weighted by Crippen LogP contribution is -2.26. The summed E-state index contributed by atoms with van der Waals surface area (Å²) in [4.78, 5) is 0. The molecule has 2 rings (SSSR count). The highest BCUT2D eigenvalue weighted by molar-refractivity contribution is 5.30. The van der Waals surface area contributed by atoms with Crippen molar-refractivity contribution in [3.63, 3.8) is 0 Å². The summed E-state index contributed by atoms with van der Waals surface area (Å²) in [6.45, 7) is 0.634. The largest absolute Gasteiger partial charge is 0.435 e. The molecule has 1 aromatic rings. The van der Waals surface area contributed by atoms with E-state index in [4.69, 9.17) is 5.26 Å². The minimum absolute atomic E-state index is 0.140. The van der Waals surface area contributed by atoms with E-state index in [2.05, 4.69) is 10.4 Å². The van der Waals surface area contributed by atoms with Gasteiger partial charge in [0, 0.05) is 30.8 Å². The van der Waals surface area contributed by atoms with E-state index in [1.165, 1.54) is 0 Å². The Labute approximate surface area is 89.7 Å². The smallest absolute Gasteiger partial charge is 0.312 e. The minimum atomic E-state index is -4.45. The zero-order valence-electron chi connectivity index (χ0n) is 8.30. The van der Waals surface area contributed by atoms with Crippen LogP contribution in [0.1, 0.15) is 17.0 Å². The van der Waals surface area contributed by atoms with Crippen LogP contribution in [0.15, 0.2) is 0 Å². The number of fused-ring (bicyclic) bond motifs is 1. The lowest BCUT2D eigenvalue weighted by atomic mass is 10.1. The highest BCUT2D eigenvalue weighted by Crippen LogP contribution is 2.33. The van der Waals surface area contributed by atoms with Gasteiger partial charge in [0.05, 0.1) is 6.07 Å². The number of nitrogens with one attached hydrogen (secondary N) is 1. The second-order valence-corrected chi connectivity index (χ2v) is 3.51. The molecule has 2 heterocycles. The van der Waals surface area contributed by atoms with Crippen LogP contribution >= 0.6 is 0 Å². The molecule has 0 atom stereocenters. The number of rotatable bonds is 1. The van der Waals surface area contributed by atoms with Gasteiger partial charge in [-0.15, -0.1) is 0 Å². The lowest BCUT2D eigenvalue weighted by Gasteiger charge is -2.15. The fourth-order valence-corrected chi connectivity index (χ4v) is 1.85. The molecule has 0 amide bonds. The van der Waals surface area contributed by atoms with E-state index < -0.39 is 11.9 Å². The molecule has 4 nitrogen and oxygen atoms in total. The first-order chi connectivity index (χ1) is 7.54. The molecular weight excluding hydrogens is 221 g/mol. The van der Waals surface area contributed by atoms with E-state index in [1.54, 1.807) is 0 Å². The second kappa shape index (κ2) is 3.79. The molecule has 0 spiro atoms. The third-order valence-electron chi connectivity index (χ3n) is 2.50. The standard InChI is InChI=1S/C9H9F3N4/c10-9(11,12)8-6-5-14-3-1-7(6)16(15-8)4-2-13/h14H,1,3-5H2. The molecule has 86 valence electrons. The van der Waals surface area contributed by atoms with Crippen LogP contribution in [-0.2, 0) is 25.7 Å². The number of halogens is 3. The van der Waals surface area contributed by atoms with E-state index in [1.807, 2.05) is 6.07 Å². The summed E-state index contributed by atoms with van der Waals surface area (Å²) in [5.74, 6) is 0. The second-order valence-electron chi connectivity index (χ2n) is 3.51. The summed E-state index contributed by atoms with van der Waals surface area (Å²) < 4.78 is 39.1. The lowest BCUT2D eigenvalue weighted by molar-refractivity contribution is -0.142. The topological polar surface area (TPSA) is 53.6 Å². The number of aromatic nitrogens is 2. The summed E-state index contributed by atoms with van der Waals surface area (Å²) in [5.41, 5.74) is -0.174. The molecule has 0 unspecified atom stereocenters. The Bertz CT molecular complexity index is 441. The third kappa shape index (κ3) is 1.76. The van der Waals surface area contributed by atoms with Crippen LogP contribution in [0.5, 0.6) is 0 Å². The molecule has 1 N–H and O–H groups in total. The fraction of sp³-hybridized carbons (Fsp3) is 0.556. The van der Waals surface area contributed by atoms with Crippen molar-refractivity contribution in [1.82, 2.24) is 15.1 Å². The van der Waals surface area contributed by atoms with Crippen LogP contribution in [0.3, 0.4) is 0 Å². The van der Waals surface area contributed by atoms with Crippen molar-refractivity contribution in [1.29, 1.82) is 5.26 Å². The average molecular weight is 230 g/mol. The van der Waals surface area contributed by atoms with Crippen molar-refractivity contribution in [3.05, 3.63) is 17.0 Å². The number of hydrogen-bond donors (Lipinski definition) is 1. The van der Waals surface area contributed by atoms with E-state index >= 15 is 0 Å². The van der Waals surface area contributed by atoms with Crippen molar-refractivity contribution >= 4 is 0 Å². The molecule has 0 saturated carbocycles. The van der Waals surface area contributed by atoms with Crippen molar-refractivity contribution in [2.45, 2.75) is 25.7 Å². The number of nitriles is 1. The molecule has 16 heavy (non-hydrogen) atoms. The van der Waals surface area contributed by atoms with Gasteiger partial charge in [0.25, 0.3) is 0 Å². The maximum absolute atomic E-state index is 12.6. The van der Waals surface area contributed by atoms with Gasteiger partial charge < -0.3 is 5.32 Å². The Balaban J connectivity index is 2.51. The van der Waals surface area contributed by atoms with Gasteiger partial charge in [0.1, 0.15) is 6.54 Å². The van der Waals surface area contributed by atoms with Crippen molar-refractivity contribution in [3.8, 4) is 6.07 Å². The van der Waals surface area contributed by atoms with Crippen molar-refractivity contribution in [2.24, 2.45) is 0 Å². The maximum Gasteiger partial charge on any atom is 0.435 e. The van der Waals surface area contributed by atoms with Crippen LogP contribution in [0.25, 0.3) is 0 Å². The Morgan fingerprint density at radius 2 is 2.25 bits per heavy atom. The Morgan fingerprint density at radius 3 is 2.88 bits per heavy atom. The summed E-state index contributed by atoms with van der Waals surface area (Å²) in [7, 11) is 0. The molecule has 1 aliphatic heterocycles. The number of alkyl halides is 3. The summed E-state index contributed by atoms with van der Waals surface area (Å²) in [6.07, 6.45) is -3.98. The van der Waals surface area contributed by atoms with E-state index in [0.29, 0.717) is 18.7 Å². The highest BCUT2D eigenvalue weighted by Gasteiger charge is 2.39. The number of nitrogens with zero attached hydrogens (tertiary/aromatic N) is 3. The summed E-state index contributed by atoms with van der Waals surface area (Å²) >= 11 is 0. The van der Waals surface area contributed by atoms with Gasteiger partial charge in [-0.05, 0) is 0 Å². The predicted molar refractivity (Wildman–Crippen MR) is 48.3 cm³/mol. The Kier molecular flexibility index (Phi) is 2.59. The normalized spacial score (nSPS) is 15.6. The molecule has 1 aliphatic rings. The molecule has 0 radical (unpaired) electrons. The van der Waals surface area contributed by atoms with Crippen molar-refractivity contribution in [2.75, 3.05) is 6.54 Å². The first-order valence-electron chi connectivity index (χ1n) is 4.77. The van der Waals surface area contributed by atoms with Crippen LogP contribution in [0.2, 0.25) is 0 Å². The highest BCUT2D eigenvalue weighted by atomic mass is 19.4. The van der Waals surface area contributed by atoms with Crippen LogP contribution in [-0.4, -0.2) is 16.3 Å². The zero-order chi connectivity index (χ0) is 11.8. The molecular formula is C9H9F3N4. The molecule has 1 aromatic heterocycles. The molecule has 0 bridgehead atoms. The van der Waals surface area contributed by atoms with Gasteiger partial charge in [-0.3, -0.25) is 4.68 Å². The Morgan fingerprint density at radius 1 is 1.50 bits per heavy atom. The monoisotopic (exact) mass is 230 g/mol. The first kappa shape index (κ1) is 11.0. The van der Waals surface area contributed by atoms with Gasteiger partial charge in [0.15, 0.2) is 5.69 Å². The van der Waals surface area contributed by atoms with Gasteiger partial charge in [-0.1, -0.05) is 0 Å². The third-order valence-corrected chi connectivity index (χ3v) is 2.50. The van der Waals surface area contributed by atoms with Crippen LogP contribution < -0.4 is 5.32 Å². The van der Waals surface area contributed by atoms with E-state index in [9.17, 15) is 13.2 Å². The van der Waals surface area contributed by atoms with Gasteiger partial charge in [0.2, 0.25) is 0 Å². The van der Waals surface area contributed by atoms with Crippen molar-refractivity contribution < 1.29 is 13.2 Å². The molecule has 0 saturated heterocycles. The van der Waals surface area contributed by atoms with Crippen LogP contribution in [0, 0.1) is 11.3 Å². The van der Waals surface area contributed by atoms with Crippen LogP contribution in [0.4, 0.5) is 13.2 Å². The Hall–Kier alpha value is -1.55. The maximum atomic E-state index is 12.6. The van der Waals surface area contributed by atoms with Gasteiger partial charge in [-0.2, -0.15) is 23.5 Å². The minimum Gasteiger partial charge on any atom is -0.312 e. The molecule has 0 fully saturated rings. The quantitative estimate of drug-likeness (QED) is 0.785. The zero-order valence-corrected chi connectivity index (χ0v) is 8.30. The molecule has 7 heteroatoms. The predicted octanol–water partition coefficient (Wildman–Crippen LogP) is 1.07. The molecule has 0 aliphatic carbocycles. The van der Waals surface area contributed by atoms with Gasteiger partial charge >= 0.3 is 6.18 Å². The summed E-state index contributed by atoms with van der Waals surface area (Å²) in [5, 5.41) is 14.9. The number of hydrogen-bond acceptors (Lipinski definition) is 3. The van der Waals surface area contributed by atoms with Gasteiger partial charge in [-0.25, -0.2) is 0 Å². The summed E-state index contributed by atoms with van der Waals surface area (Å²) in [6, 6.07) is 1.81. The SMILES string of the molecule is N#CCn1nc(C(F)(F)F)c2c1CCNC2.